The van der Waals surface area contributed by atoms with Crippen LogP contribution in [0, 0.1) is 0 Å². The molecule has 158 valence electrons. The Bertz CT molecular complexity index is 829. The van der Waals surface area contributed by atoms with Crippen molar-refractivity contribution < 1.29 is 28.4 Å². The van der Waals surface area contributed by atoms with E-state index < -0.39 is 0 Å². The Morgan fingerprint density at radius 1 is 0.467 bits per heavy atom. The van der Waals surface area contributed by atoms with Gasteiger partial charge in [-0.25, -0.2) is 0 Å². The van der Waals surface area contributed by atoms with Gasteiger partial charge in [0.05, 0.1) is 28.4 Å². The zero-order valence-electron chi connectivity index (χ0n) is 17.6. The van der Waals surface area contributed by atoms with Crippen LogP contribution >= 0.6 is 0 Å². The largest absolute Gasteiger partial charge is 0.493 e. The van der Waals surface area contributed by atoms with E-state index in [9.17, 15) is 0 Å². The molecule has 30 heavy (non-hydrogen) atoms. The van der Waals surface area contributed by atoms with Gasteiger partial charge in [-0.1, -0.05) is 36.4 Å². The van der Waals surface area contributed by atoms with Gasteiger partial charge in [0.15, 0.2) is 23.0 Å². The van der Waals surface area contributed by atoms with Crippen molar-refractivity contribution in [2.75, 3.05) is 28.4 Å². The fourth-order valence-electron chi connectivity index (χ4n) is 2.96. The van der Waals surface area contributed by atoms with Crippen molar-refractivity contribution in [3.63, 3.8) is 0 Å². The maximum atomic E-state index is 5.95. The smallest absolute Gasteiger partial charge is 0.203 e. The number of hydrogen-bond donors (Lipinski definition) is 0. The molecular formula is C24H26O6. The van der Waals surface area contributed by atoms with Gasteiger partial charge in [-0.15, -0.1) is 0 Å². The van der Waals surface area contributed by atoms with E-state index in [-0.39, 0.29) is 0 Å². The fourth-order valence-corrected chi connectivity index (χ4v) is 2.96. The minimum Gasteiger partial charge on any atom is -0.493 e. The van der Waals surface area contributed by atoms with Gasteiger partial charge in [0.2, 0.25) is 11.5 Å². The minimum absolute atomic E-state index is 0.387. The third-order valence-corrected chi connectivity index (χ3v) is 4.55. The van der Waals surface area contributed by atoms with Crippen LogP contribution in [0.5, 0.6) is 34.5 Å². The summed E-state index contributed by atoms with van der Waals surface area (Å²) in [5.74, 6) is 3.68. The average Bonchev–Trinajstić information content (AvgIpc) is 2.81. The first-order valence-electron chi connectivity index (χ1n) is 9.45. The standard InChI is InChI=1S/C24H26O6/c1-25-19-7-5-8-20(26-2)23(19)29-15-17-11-13-18(14-12-17)16-30-24-21(27-3)9-6-10-22(24)28-4/h5-14H,15-16H2,1-4H3. The van der Waals surface area contributed by atoms with Gasteiger partial charge in [0, 0.05) is 0 Å². The summed E-state index contributed by atoms with van der Waals surface area (Å²) in [5.41, 5.74) is 2.03. The molecular weight excluding hydrogens is 384 g/mol. The highest BCUT2D eigenvalue weighted by molar-refractivity contribution is 5.52. The van der Waals surface area contributed by atoms with Gasteiger partial charge >= 0.3 is 0 Å². The molecule has 0 heterocycles. The van der Waals surface area contributed by atoms with Crippen LogP contribution in [0.2, 0.25) is 0 Å². The molecule has 3 rings (SSSR count). The van der Waals surface area contributed by atoms with Crippen molar-refractivity contribution in [2.24, 2.45) is 0 Å². The first-order valence-corrected chi connectivity index (χ1v) is 9.45. The number of ether oxygens (including phenoxy) is 6. The van der Waals surface area contributed by atoms with Crippen LogP contribution in [0.4, 0.5) is 0 Å². The molecule has 0 fully saturated rings. The van der Waals surface area contributed by atoms with Crippen LogP contribution in [0.1, 0.15) is 11.1 Å². The lowest BCUT2D eigenvalue weighted by atomic mass is 10.1. The molecule has 0 N–H and O–H groups in total. The van der Waals surface area contributed by atoms with E-state index in [2.05, 4.69) is 0 Å². The van der Waals surface area contributed by atoms with Crippen LogP contribution in [0.25, 0.3) is 0 Å². The highest BCUT2D eigenvalue weighted by atomic mass is 16.5. The number of rotatable bonds is 10. The third kappa shape index (κ3) is 4.89. The topological polar surface area (TPSA) is 55.4 Å². The molecule has 0 aliphatic rings. The van der Waals surface area contributed by atoms with E-state index in [4.69, 9.17) is 28.4 Å². The summed E-state index contributed by atoms with van der Waals surface area (Å²) in [6.07, 6.45) is 0. The van der Waals surface area contributed by atoms with E-state index in [0.717, 1.165) is 11.1 Å². The fraction of sp³-hybridized carbons (Fsp3) is 0.250. The van der Waals surface area contributed by atoms with Crippen molar-refractivity contribution in [3.8, 4) is 34.5 Å². The van der Waals surface area contributed by atoms with Crippen LogP contribution < -0.4 is 28.4 Å². The first-order chi connectivity index (χ1) is 14.7. The molecule has 0 atom stereocenters. The first kappa shape index (κ1) is 21.2. The Kier molecular flexibility index (Phi) is 7.27. The van der Waals surface area contributed by atoms with E-state index in [0.29, 0.717) is 47.7 Å². The van der Waals surface area contributed by atoms with Crippen LogP contribution in [-0.4, -0.2) is 28.4 Å². The van der Waals surface area contributed by atoms with E-state index >= 15 is 0 Å². The second-order valence-electron chi connectivity index (χ2n) is 6.38. The quantitative estimate of drug-likeness (QED) is 0.475. The van der Waals surface area contributed by atoms with Crippen molar-refractivity contribution in [1.29, 1.82) is 0 Å². The molecule has 6 heteroatoms. The Hall–Kier alpha value is -3.54. The minimum atomic E-state index is 0.387. The van der Waals surface area contributed by atoms with Gasteiger partial charge in [-0.2, -0.15) is 0 Å². The molecule has 0 aromatic heterocycles. The molecule has 6 nitrogen and oxygen atoms in total. The number of benzene rings is 3. The average molecular weight is 410 g/mol. The molecule has 0 spiro atoms. The van der Waals surface area contributed by atoms with Gasteiger partial charge in [-0.3, -0.25) is 0 Å². The predicted octanol–water partition coefficient (Wildman–Crippen LogP) is 4.88. The molecule has 0 radical (unpaired) electrons. The summed E-state index contributed by atoms with van der Waals surface area (Å²) in [6.45, 7) is 0.774. The monoisotopic (exact) mass is 410 g/mol. The van der Waals surface area contributed by atoms with Gasteiger partial charge in [0.25, 0.3) is 0 Å². The molecule has 0 saturated heterocycles. The summed E-state index contributed by atoms with van der Waals surface area (Å²) in [5, 5.41) is 0. The van der Waals surface area contributed by atoms with E-state index in [1.807, 2.05) is 60.7 Å². The molecule has 0 aliphatic heterocycles. The normalized spacial score (nSPS) is 10.3. The number of para-hydroxylation sites is 2. The lowest BCUT2D eigenvalue weighted by molar-refractivity contribution is 0.263. The molecule has 0 unspecified atom stereocenters. The molecule has 0 saturated carbocycles. The second-order valence-corrected chi connectivity index (χ2v) is 6.38. The Labute approximate surface area is 176 Å². The SMILES string of the molecule is COc1cccc(OC)c1OCc1ccc(COc2c(OC)cccc2OC)cc1. The van der Waals surface area contributed by atoms with Crippen molar-refractivity contribution in [3.05, 3.63) is 71.8 Å². The summed E-state index contributed by atoms with van der Waals surface area (Å²) in [4.78, 5) is 0. The highest BCUT2D eigenvalue weighted by Crippen LogP contribution is 2.38. The Morgan fingerprint density at radius 3 is 1.03 bits per heavy atom. The third-order valence-electron chi connectivity index (χ3n) is 4.55. The lowest BCUT2D eigenvalue weighted by Crippen LogP contribution is -2.02. The summed E-state index contributed by atoms with van der Waals surface area (Å²) < 4.78 is 33.4. The molecule has 3 aromatic carbocycles. The summed E-state index contributed by atoms with van der Waals surface area (Å²) in [6, 6.07) is 19.1. The summed E-state index contributed by atoms with van der Waals surface area (Å²) >= 11 is 0. The van der Waals surface area contributed by atoms with E-state index in [1.54, 1.807) is 28.4 Å². The van der Waals surface area contributed by atoms with Gasteiger partial charge in [-0.05, 0) is 35.4 Å². The van der Waals surface area contributed by atoms with Crippen molar-refractivity contribution >= 4 is 0 Å². The summed E-state index contributed by atoms with van der Waals surface area (Å²) in [7, 11) is 6.42. The Morgan fingerprint density at radius 2 is 0.767 bits per heavy atom. The highest BCUT2D eigenvalue weighted by Gasteiger charge is 2.13. The molecule has 0 amide bonds. The molecule has 0 bridgehead atoms. The maximum Gasteiger partial charge on any atom is 0.203 e. The van der Waals surface area contributed by atoms with Crippen LogP contribution in [0.3, 0.4) is 0 Å². The zero-order chi connectivity index (χ0) is 21.3. The lowest BCUT2D eigenvalue weighted by Gasteiger charge is -2.15. The second kappa shape index (κ2) is 10.3. The van der Waals surface area contributed by atoms with Crippen LogP contribution in [0.15, 0.2) is 60.7 Å². The van der Waals surface area contributed by atoms with Gasteiger partial charge < -0.3 is 28.4 Å². The zero-order valence-corrected chi connectivity index (χ0v) is 17.6. The van der Waals surface area contributed by atoms with Crippen molar-refractivity contribution in [2.45, 2.75) is 13.2 Å². The van der Waals surface area contributed by atoms with E-state index in [1.165, 1.54) is 0 Å². The molecule has 0 aliphatic carbocycles. The van der Waals surface area contributed by atoms with Crippen molar-refractivity contribution in [1.82, 2.24) is 0 Å². The number of hydrogen-bond acceptors (Lipinski definition) is 6. The maximum absolute atomic E-state index is 5.95. The number of methoxy groups -OCH3 is 4. The van der Waals surface area contributed by atoms with Gasteiger partial charge in [0.1, 0.15) is 13.2 Å². The predicted molar refractivity (Wildman–Crippen MR) is 114 cm³/mol. The Balaban J connectivity index is 1.64. The van der Waals surface area contributed by atoms with Crippen LogP contribution in [-0.2, 0) is 13.2 Å². The molecule has 3 aromatic rings.